The Hall–Kier alpha value is -3.48. The van der Waals surface area contributed by atoms with Crippen LogP contribution in [-0.2, 0) is 9.59 Å². The van der Waals surface area contributed by atoms with Crippen LogP contribution < -0.4 is 10.2 Å². The zero-order valence-electron chi connectivity index (χ0n) is 15.6. The van der Waals surface area contributed by atoms with E-state index in [1.54, 1.807) is 36.4 Å². The maximum absolute atomic E-state index is 12.7. The summed E-state index contributed by atoms with van der Waals surface area (Å²) in [6, 6.07) is 12.2. The van der Waals surface area contributed by atoms with E-state index in [1.807, 2.05) is 0 Å². The molecule has 0 spiro atoms. The minimum Gasteiger partial charge on any atom is -0.478 e. The highest BCUT2D eigenvalue weighted by Crippen LogP contribution is 2.40. The van der Waals surface area contributed by atoms with Crippen molar-refractivity contribution in [2.24, 2.45) is 11.8 Å². The second kappa shape index (κ2) is 7.50. The number of hydrogen-bond donors (Lipinski definition) is 2. The van der Waals surface area contributed by atoms with E-state index in [0.717, 1.165) is 25.7 Å². The Bertz CT molecular complexity index is 975. The summed E-state index contributed by atoms with van der Waals surface area (Å²) in [4.78, 5) is 50.1. The first-order valence-electron chi connectivity index (χ1n) is 9.58. The monoisotopic (exact) mass is 392 g/mol. The molecule has 0 aromatic heterocycles. The molecule has 2 aromatic carbocycles. The molecule has 1 aliphatic heterocycles. The lowest BCUT2D eigenvalue weighted by Gasteiger charge is -2.19. The Morgan fingerprint density at radius 2 is 1.52 bits per heavy atom. The molecule has 2 atom stereocenters. The topological polar surface area (TPSA) is 104 Å². The number of nitrogens with one attached hydrogen (secondary N) is 1. The molecular formula is C22H20N2O5. The lowest BCUT2D eigenvalue weighted by Crippen LogP contribution is -2.30. The van der Waals surface area contributed by atoms with Crippen LogP contribution in [0, 0.1) is 11.8 Å². The van der Waals surface area contributed by atoms with Gasteiger partial charge in [-0.05, 0) is 55.3 Å². The van der Waals surface area contributed by atoms with Crippen LogP contribution in [0.3, 0.4) is 0 Å². The lowest BCUT2D eigenvalue weighted by molar-refractivity contribution is -0.122. The number of anilines is 2. The Balaban J connectivity index is 1.50. The summed E-state index contributed by atoms with van der Waals surface area (Å²) in [5.41, 5.74) is 1.25. The van der Waals surface area contributed by atoms with E-state index in [4.69, 9.17) is 5.11 Å². The number of carbonyl (C=O) groups is 4. The van der Waals surface area contributed by atoms with Gasteiger partial charge in [-0.15, -0.1) is 0 Å². The number of fused-ring (bicyclic) bond motifs is 1. The molecule has 4 rings (SSSR count). The molecule has 1 aliphatic carbocycles. The fourth-order valence-electron chi connectivity index (χ4n) is 4.11. The molecule has 2 fully saturated rings. The van der Waals surface area contributed by atoms with Gasteiger partial charge in [0.2, 0.25) is 11.8 Å². The van der Waals surface area contributed by atoms with Crippen LogP contribution in [0.25, 0.3) is 0 Å². The van der Waals surface area contributed by atoms with Crippen molar-refractivity contribution >= 4 is 35.1 Å². The van der Waals surface area contributed by atoms with Gasteiger partial charge in [0, 0.05) is 11.3 Å². The molecule has 1 heterocycles. The van der Waals surface area contributed by atoms with Crippen molar-refractivity contribution in [2.45, 2.75) is 25.7 Å². The molecule has 148 valence electrons. The Kier molecular flexibility index (Phi) is 4.88. The standard InChI is InChI=1S/C22H20N2O5/c25-19(23-15-5-3-4-14(12-15)22(28)29)13-8-10-16(11-9-13)24-20(26)17-6-1-2-7-18(17)21(24)27/h3-5,8-12,17-18H,1-2,6-7H2,(H,23,25)(H,28,29)/t17-,18+. The summed E-state index contributed by atoms with van der Waals surface area (Å²) in [5, 5.41) is 11.7. The van der Waals surface area contributed by atoms with Crippen molar-refractivity contribution in [3.63, 3.8) is 0 Å². The van der Waals surface area contributed by atoms with Gasteiger partial charge >= 0.3 is 5.97 Å². The number of amides is 3. The molecule has 7 nitrogen and oxygen atoms in total. The number of carboxylic acids is 1. The number of carboxylic acid groups (broad SMARTS) is 1. The van der Waals surface area contributed by atoms with Gasteiger partial charge in [-0.25, -0.2) is 4.79 Å². The van der Waals surface area contributed by atoms with Crippen molar-refractivity contribution < 1.29 is 24.3 Å². The Morgan fingerprint density at radius 1 is 0.897 bits per heavy atom. The average molecular weight is 392 g/mol. The predicted molar refractivity (Wildman–Crippen MR) is 106 cm³/mol. The quantitative estimate of drug-likeness (QED) is 0.777. The van der Waals surface area contributed by atoms with Crippen molar-refractivity contribution in [3.8, 4) is 0 Å². The third-order valence-corrected chi connectivity index (χ3v) is 5.60. The number of imide groups is 1. The first-order valence-corrected chi connectivity index (χ1v) is 9.58. The summed E-state index contributed by atoms with van der Waals surface area (Å²) in [6.45, 7) is 0. The van der Waals surface area contributed by atoms with Crippen LogP contribution in [-0.4, -0.2) is 28.8 Å². The zero-order chi connectivity index (χ0) is 20.5. The molecule has 0 bridgehead atoms. The molecule has 0 unspecified atom stereocenters. The van der Waals surface area contributed by atoms with Crippen LogP contribution in [0.5, 0.6) is 0 Å². The second-order valence-corrected chi connectivity index (χ2v) is 7.40. The van der Waals surface area contributed by atoms with Gasteiger partial charge in [0.1, 0.15) is 0 Å². The largest absolute Gasteiger partial charge is 0.478 e. The minimum absolute atomic E-state index is 0.0747. The molecular weight excluding hydrogens is 372 g/mol. The highest BCUT2D eigenvalue weighted by atomic mass is 16.4. The van der Waals surface area contributed by atoms with E-state index >= 15 is 0 Å². The molecule has 7 heteroatoms. The predicted octanol–water partition coefficient (Wildman–Crippen LogP) is 3.32. The summed E-state index contributed by atoms with van der Waals surface area (Å²) in [6.07, 6.45) is 3.44. The molecule has 3 amide bonds. The van der Waals surface area contributed by atoms with Gasteiger partial charge in [-0.3, -0.25) is 19.3 Å². The molecule has 2 N–H and O–H groups in total. The highest BCUT2D eigenvalue weighted by molar-refractivity contribution is 6.22. The number of nitrogens with zero attached hydrogens (tertiary/aromatic N) is 1. The smallest absolute Gasteiger partial charge is 0.335 e. The fourth-order valence-corrected chi connectivity index (χ4v) is 4.11. The van der Waals surface area contributed by atoms with E-state index in [0.29, 0.717) is 16.9 Å². The molecule has 29 heavy (non-hydrogen) atoms. The summed E-state index contributed by atoms with van der Waals surface area (Å²) in [5.74, 6) is -2.23. The summed E-state index contributed by atoms with van der Waals surface area (Å²) >= 11 is 0. The fraction of sp³-hybridized carbons (Fsp3) is 0.273. The van der Waals surface area contributed by atoms with E-state index in [1.165, 1.54) is 17.0 Å². The molecule has 1 saturated carbocycles. The first-order chi connectivity index (χ1) is 14.0. The van der Waals surface area contributed by atoms with Gasteiger partial charge in [0.25, 0.3) is 5.91 Å². The maximum atomic E-state index is 12.7. The van der Waals surface area contributed by atoms with Gasteiger partial charge in [0.05, 0.1) is 23.1 Å². The summed E-state index contributed by atoms with van der Waals surface area (Å²) in [7, 11) is 0. The first kappa shape index (κ1) is 18.9. The van der Waals surface area contributed by atoms with Gasteiger partial charge < -0.3 is 10.4 Å². The van der Waals surface area contributed by atoms with Crippen molar-refractivity contribution in [3.05, 3.63) is 59.7 Å². The number of aromatic carboxylic acids is 1. The number of carbonyl (C=O) groups excluding carboxylic acids is 3. The van der Waals surface area contributed by atoms with Crippen molar-refractivity contribution in [2.75, 3.05) is 10.2 Å². The van der Waals surface area contributed by atoms with Crippen LogP contribution in [0.4, 0.5) is 11.4 Å². The molecule has 2 aliphatic rings. The normalized spacial score (nSPS) is 21.0. The maximum Gasteiger partial charge on any atom is 0.335 e. The van der Waals surface area contributed by atoms with Crippen LogP contribution >= 0.6 is 0 Å². The SMILES string of the molecule is O=C(O)c1cccc(NC(=O)c2ccc(N3C(=O)[C@H]4CCCC[C@H]4C3=O)cc2)c1. The number of hydrogen-bond acceptors (Lipinski definition) is 4. The van der Waals surface area contributed by atoms with E-state index in [-0.39, 0.29) is 29.2 Å². The van der Waals surface area contributed by atoms with E-state index in [9.17, 15) is 19.2 Å². The van der Waals surface area contributed by atoms with Gasteiger partial charge in [0.15, 0.2) is 0 Å². The molecule has 0 radical (unpaired) electrons. The van der Waals surface area contributed by atoms with Gasteiger partial charge in [-0.1, -0.05) is 18.9 Å². The Morgan fingerprint density at radius 3 is 2.10 bits per heavy atom. The zero-order valence-corrected chi connectivity index (χ0v) is 15.6. The third kappa shape index (κ3) is 3.51. The lowest BCUT2D eigenvalue weighted by atomic mass is 9.81. The van der Waals surface area contributed by atoms with E-state index < -0.39 is 11.9 Å². The molecule has 1 saturated heterocycles. The minimum atomic E-state index is -1.08. The number of benzene rings is 2. The summed E-state index contributed by atoms with van der Waals surface area (Å²) < 4.78 is 0. The van der Waals surface area contributed by atoms with E-state index in [2.05, 4.69) is 5.32 Å². The molecule has 2 aromatic rings. The van der Waals surface area contributed by atoms with Crippen LogP contribution in [0.2, 0.25) is 0 Å². The third-order valence-electron chi connectivity index (χ3n) is 5.60. The Labute approximate surface area is 167 Å². The van der Waals surface area contributed by atoms with Crippen molar-refractivity contribution in [1.82, 2.24) is 0 Å². The highest BCUT2D eigenvalue weighted by Gasteiger charge is 2.48. The average Bonchev–Trinajstić information content (AvgIpc) is 2.99. The number of rotatable bonds is 4. The second-order valence-electron chi connectivity index (χ2n) is 7.40. The van der Waals surface area contributed by atoms with Crippen molar-refractivity contribution in [1.29, 1.82) is 0 Å². The van der Waals surface area contributed by atoms with Gasteiger partial charge in [-0.2, -0.15) is 0 Å². The van der Waals surface area contributed by atoms with Crippen LogP contribution in [0.1, 0.15) is 46.4 Å². The van der Waals surface area contributed by atoms with Crippen LogP contribution in [0.15, 0.2) is 48.5 Å².